The Labute approximate surface area is 129 Å². The van der Waals surface area contributed by atoms with Crippen molar-refractivity contribution in [2.24, 2.45) is 0 Å². The Hall–Kier alpha value is -1.36. The molecule has 0 bridgehead atoms. The molecule has 1 aromatic heterocycles. The van der Waals surface area contributed by atoms with Gasteiger partial charge in [-0.1, -0.05) is 0 Å². The summed E-state index contributed by atoms with van der Waals surface area (Å²) in [5.74, 6) is -0.223. The highest BCUT2D eigenvalue weighted by Gasteiger charge is 2.38. The maximum absolute atomic E-state index is 13.0. The van der Waals surface area contributed by atoms with E-state index in [1.807, 2.05) is 0 Å². The minimum atomic E-state index is -0.389. The smallest absolute Gasteiger partial charge is 0.328 e. The van der Waals surface area contributed by atoms with E-state index in [1.54, 1.807) is 16.2 Å². The highest BCUT2D eigenvalue weighted by molar-refractivity contribution is 7.10. The summed E-state index contributed by atoms with van der Waals surface area (Å²) in [5, 5.41) is 2.07. The number of hydrogen-bond acceptors (Lipinski definition) is 4. The number of ether oxygens (including phenoxy) is 1. The molecular weight excluding hydrogens is 286 g/mol. The fourth-order valence-corrected chi connectivity index (χ4v) is 4.51. The fraction of sp³-hybridized carbons (Fsp3) is 0.625. The molecule has 2 aliphatic rings. The van der Waals surface area contributed by atoms with Gasteiger partial charge in [-0.05, 0) is 55.5 Å². The lowest BCUT2D eigenvalue weighted by atomic mass is 9.85. The SMILES string of the molecule is COC(=O)[C@H]1CCCCN1C(=O)C1CCCc2sccc21. The number of amides is 1. The number of esters is 1. The molecule has 2 atom stereocenters. The molecule has 1 aliphatic carbocycles. The zero-order chi connectivity index (χ0) is 14.8. The molecule has 2 heterocycles. The van der Waals surface area contributed by atoms with Gasteiger partial charge in [0.1, 0.15) is 6.04 Å². The third-order valence-corrected chi connectivity index (χ3v) is 5.61. The van der Waals surface area contributed by atoms with Crippen LogP contribution in [0.5, 0.6) is 0 Å². The molecule has 1 aliphatic heterocycles. The summed E-state index contributed by atoms with van der Waals surface area (Å²) < 4.78 is 4.88. The third kappa shape index (κ3) is 2.71. The number of methoxy groups -OCH3 is 1. The minimum absolute atomic E-state index is 0.0646. The molecule has 1 fully saturated rings. The largest absolute Gasteiger partial charge is 0.467 e. The van der Waals surface area contributed by atoms with Crippen LogP contribution < -0.4 is 0 Å². The van der Waals surface area contributed by atoms with Crippen LogP contribution in [0.25, 0.3) is 0 Å². The maximum atomic E-state index is 13.0. The zero-order valence-electron chi connectivity index (χ0n) is 12.3. The van der Waals surface area contributed by atoms with Gasteiger partial charge in [-0.2, -0.15) is 0 Å². The van der Waals surface area contributed by atoms with Crippen LogP contribution >= 0.6 is 11.3 Å². The predicted octanol–water partition coefficient (Wildman–Crippen LogP) is 2.72. The normalized spacial score (nSPS) is 25.3. The predicted molar refractivity (Wildman–Crippen MR) is 81.4 cm³/mol. The van der Waals surface area contributed by atoms with Crippen molar-refractivity contribution in [2.75, 3.05) is 13.7 Å². The highest BCUT2D eigenvalue weighted by Crippen LogP contribution is 2.37. The molecule has 5 heteroatoms. The van der Waals surface area contributed by atoms with E-state index < -0.39 is 0 Å². The Bertz CT molecular complexity index is 539. The monoisotopic (exact) mass is 307 g/mol. The Morgan fingerprint density at radius 3 is 2.95 bits per heavy atom. The standard InChI is InChI=1S/C16H21NO3S/c1-20-16(19)13-6-2-3-9-17(13)15(18)12-5-4-7-14-11(12)8-10-21-14/h8,10,12-13H,2-7,9H2,1H3/t12?,13-/m1/s1. The van der Waals surface area contributed by atoms with Crippen LogP contribution in [-0.4, -0.2) is 36.5 Å². The number of piperidine rings is 1. The zero-order valence-corrected chi connectivity index (χ0v) is 13.2. The fourth-order valence-electron chi connectivity index (χ4n) is 3.52. The third-order valence-electron chi connectivity index (χ3n) is 4.61. The Balaban J connectivity index is 1.82. The van der Waals surface area contributed by atoms with Crippen molar-refractivity contribution in [3.63, 3.8) is 0 Å². The second-order valence-corrected chi connectivity index (χ2v) is 6.81. The lowest BCUT2D eigenvalue weighted by molar-refractivity contribution is -0.155. The van der Waals surface area contributed by atoms with Crippen LogP contribution in [0.3, 0.4) is 0 Å². The molecule has 0 spiro atoms. The van der Waals surface area contributed by atoms with Gasteiger partial charge < -0.3 is 9.64 Å². The average Bonchev–Trinajstić information content (AvgIpc) is 3.02. The second kappa shape index (κ2) is 6.18. The van der Waals surface area contributed by atoms with Crippen molar-refractivity contribution in [2.45, 2.75) is 50.5 Å². The molecule has 4 nitrogen and oxygen atoms in total. The lowest BCUT2D eigenvalue weighted by Crippen LogP contribution is -2.50. The summed E-state index contributed by atoms with van der Waals surface area (Å²) in [5.41, 5.74) is 1.19. The Morgan fingerprint density at radius 2 is 2.14 bits per heavy atom. The number of carbonyl (C=O) groups is 2. The van der Waals surface area contributed by atoms with Gasteiger partial charge in [0.25, 0.3) is 0 Å². The van der Waals surface area contributed by atoms with Crippen LogP contribution in [0.1, 0.15) is 48.5 Å². The Kier molecular flexibility index (Phi) is 4.29. The van der Waals surface area contributed by atoms with Crippen molar-refractivity contribution < 1.29 is 14.3 Å². The summed E-state index contributed by atoms with van der Waals surface area (Å²) in [6.07, 6.45) is 5.72. The van der Waals surface area contributed by atoms with Crippen LogP contribution in [0.4, 0.5) is 0 Å². The summed E-state index contributed by atoms with van der Waals surface area (Å²) in [6, 6.07) is 1.69. The molecule has 0 N–H and O–H groups in total. The molecule has 3 rings (SSSR count). The number of fused-ring (bicyclic) bond motifs is 1. The first-order valence-corrected chi connectivity index (χ1v) is 8.55. The van der Waals surface area contributed by atoms with Gasteiger partial charge >= 0.3 is 5.97 Å². The highest BCUT2D eigenvalue weighted by atomic mass is 32.1. The van der Waals surface area contributed by atoms with Crippen molar-refractivity contribution in [3.05, 3.63) is 21.9 Å². The van der Waals surface area contributed by atoms with E-state index >= 15 is 0 Å². The van der Waals surface area contributed by atoms with E-state index in [1.165, 1.54) is 17.6 Å². The van der Waals surface area contributed by atoms with E-state index in [-0.39, 0.29) is 23.8 Å². The maximum Gasteiger partial charge on any atom is 0.328 e. The molecule has 0 aromatic carbocycles. The Morgan fingerprint density at radius 1 is 1.29 bits per heavy atom. The second-order valence-electron chi connectivity index (χ2n) is 5.81. The van der Waals surface area contributed by atoms with Gasteiger partial charge in [0.05, 0.1) is 13.0 Å². The van der Waals surface area contributed by atoms with E-state index in [0.29, 0.717) is 6.54 Å². The van der Waals surface area contributed by atoms with Gasteiger partial charge in [-0.25, -0.2) is 4.79 Å². The van der Waals surface area contributed by atoms with Gasteiger partial charge in [0.15, 0.2) is 0 Å². The molecule has 1 saturated heterocycles. The summed E-state index contributed by atoms with van der Waals surface area (Å²) in [6.45, 7) is 0.675. The molecule has 1 aromatic rings. The molecular formula is C16H21NO3S. The van der Waals surface area contributed by atoms with Crippen LogP contribution in [0, 0.1) is 0 Å². The summed E-state index contributed by atoms with van der Waals surface area (Å²) in [7, 11) is 1.40. The van der Waals surface area contributed by atoms with Crippen molar-refractivity contribution in [1.82, 2.24) is 4.90 Å². The molecule has 0 radical (unpaired) electrons. The first kappa shape index (κ1) is 14.6. The van der Waals surface area contributed by atoms with Gasteiger partial charge in [-0.15, -0.1) is 11.3 Å². The number of carbonyl (C=O) groups excluding carboxylic acids is 2. The summed E-state index contributed by atoms with van der Waals surface area (Å²) >= 11 is 1.74. The number of rotatable bonds is 2. The summed E-state index contributed by atoms with van der Waals surface area (Å²) in [4.78, 5) is 28.0. The molecule has 0 saturated carbocycles. The lowest BCUT2D eigenvalue weighted by Gasteiger charge is -2.37. The average molecular weight is 307 g/mol. The van der Waals surface area contributed by atoms with Crippen molar-refractivity contribution >= 4 is 23.2 Å². The molecule has 1 amide bonds. The van der Waals surface area contributed by atoms with Crippen LogP contribution in [0.15, 0.2) is 11.4 Å². The van der Waals surface area contributed by atoms with E-state index in [0.717, 1.165) is 38.5 Å². The van der Waals surface area contributed by atoms with Crippen molar-refractivity contribution in [1.29, 1.82) is 0 Å². The number of nitrogens with zero attached hydrogens (tertiary/aromatic N) is 1. The van der Waals surface area contributed by atoms with Crippen LogP contribution in [0.2, 0.25) is 0 Å². The first-order valence-electron chi connectivity index (χ1n) is 7.67. The quantitative estimate of drug-likeness (QED) is 0.789. The molecule has 1 unspecified atom stereocenters. The van der Waals surface area contributed by atoms with Gasteiger partial charge in [-0.3, -0.25) is 4.79 Å². The number of thiophene rings is 1. The number of likely N-dealkylation sites (tertiary alicyclic amines) is 1. The van der Waals surface area contributed by atoms with Gasteiger partial charge in [0.2, 0.25) is 5.91 Å². The van der Waals surface area contributed by atoms with Crippen molar-refractivity contribution in [3.8, 4) is 0 Å². The number of hydrogen-bond donors (Lipinski definition) is 0. The first-order chi connectivity index (χ1) is 10.2. The van der Waals surface area contributed by atoms with Crippen LogP contribution in [-0.2, 0) is 20.7 Å². The molecule has 21 heavy (non-hydrogen) atoms. The number of aryl methyl sites for hydroxylation is 1. The van der Waals surface area contributed by atoms with E-state index in [2.05, 4.69) is 11.4 Å². The van der Waals surface area contributed by atoms with Gasteiger partial charge in [0, 0.05) is 11.4 Å². The topological polar surface area (TPSA) is 46.6 Å². The van der Waals surface area contributed by atoms with E-state index in [9.17, 15) is 9.59 Å². The minimum Gasteiger partial charge on any atom is -0.467 e. The molecule has 114 valence electrons. The van der Waals surface area contributed by atoms with E-state index in [4.69, 9.17) is 4.74 Å².